The van der Waals surface area contributed by atoms with Crippen molar-refractivity contribution in [2.24, 2.45) is 0 Å². The van der Waals surface area contributed by atoms with E-state index in [-0.39, 0.29) is 17.2 Å². The number of hydrogen-bond donors (Lipinski definition) is 1. The third-order valence-corrected chi connectivity index (χ3v) is 4.09. The van der Waals surface area contributed by atoms with Gasteiger partial charge in [0.1, 0.15) is 11.6 Å². The van der Waals surface area contributed by atoms with E-state index >= 15 is 0 Å². The lowest BCUT2D eigenvalue weighted by atomic mass is 10.1. The van der Waals surface area contributed by atoms with Gasteiger partial charge in [0.15, 0.2) is 0 Å². The molecule has 0 aliphatic heterocycles. The van der Waals surface area contributed by atoms with E-state index in [1.807, 2.05) is 30.3 Å². The standard InChI is InChI=1S/C20H14FN3O/c21-15-6-8-16(9-7-15)24-17(22)12-14-10-11-23-19(18(14)20(24)25)13-4-2-1-3-5-13/h1-12H,22H2. The molecule has 2 aromatic heterocycles. The van der Waals surface area contributed by atoms with Crippen molar-refractivity contribution in [1.29, 1.82) is 0 Å². The third-order valence-electron chi connectivity index (χ3n) is 4.09. The van der Waals surface area contributed by atoms with Crippen molar-refractivity contribution in [3.05, 3.63) is 89.1 Å². The first kappa shape index (κ1) is 15.1. The van der Waals surface area contributed by atoms with Gasteiger partial charge >= 0.3 is 0 Å². The molecular weight excluding hydrogens is 317 g/mol. The summed E-state index contributed by atoms with van der Waals surface area (Å²) >= 11 is 0. The number of fused-ring (bicyclic) bond motifs is 1. The highest BCUT2D eigenvalue weighted by molar-refractivity contribution is 5.95. The lowest BCUT2D eigenvalue weighted by molar-refractivity contribution is 0.627. The van der Waals surface area contributed by atoms with E-state index in [1.54, 1.807) is 18.3 Å². The summed E-state index contributed by atoms with van der Waals surface area (Å²) in [5.74, 6) is -0.0860. The molecule has 0 aliphatic carbocycles. The second kappa shape index (κ2) is 5.87. The molecule has 0 amide bonds. The molecule has 0 aliphatic rings. The number of benzene rings is 2. The fourth-order valence-electron chi connectivity index (χ4n) is 2.95. The maximum Gasteiger partial charge on any atom is 0.266 e. The number of hydrogen-bond acceptors (Lipinski definition) is 3. The van der Waals surface area contributed by atoms with Gasteiger partial charge < -0.3 is 5.73 Å². The minimum absolute atomic E-state index is 0.284. The van der Waals surface area contributed by atoms with Gasteiger partial charge in [0.25, 0.3) is 5.56 Å². The number of aromatic nitrogens is 2. The Morgan fingerprint density at radius 1 is 0.960 bits per heavy atom. The minimum Gasteiger partial charge on any atom is -0.385 e. The molecule has 0 radical (unpaired) electrons. The Morgan fingerprint density at radius 2 is 1.68 bits per heavy atom. The topological polar surface area (TPSA) is 60.9 Å². The van der Waals surface area contributed by atoms with Gasteiger partial charge in [-0.2, -0.15) is 0 Å². The van der Waals surface area contributed by atoms with Gasteiger partial charge in [0.2, 0.25) is 0 Å². The van der Waals surface area contributed by atoms with E-state index in [4.69, 9.17) is 5.73 Å². The van der Waals surface area contributed by atoms with Crippen LogP contribution in [0.3, 0.4) is 0 Å². The molecule has 2 aromatic carbocycles. The maximum absolute atomic E-state index is 13.2. The van der Waals surface area contributed by atoms with Crippen molar-refractivity contribution in [1.82, 2.24) is 9.55 Å². The quantitative estimate of drug-likeness (QED) is 0.608. The molecule has 4 nitrogen and oxygen atoms in total. The highest BCUT2D eigenvalue weighted by atomic mass is 19.1. The van der Waals surface area contributed by atoms with Crippen molar-refractivity contribution in [3.8, 4) is 16.9 Å². The number of nitrogens with two attached hydrogens (primary N) is 1. The highest BCUT2D eigenvalue weighted by Gasteiger charge is 2.14. The number of anilines is 1. The van der Waals surface area contributed by atoms with Gasteiger partial charge in [-0.3, -0.25) is 14.3 Å². The molecule has 0 bridgehead atoms. The molecule has 0 fully saturated rings. The van der Waals surface area contributed by atoms with E-state index in [0.29, 0.717) is 16.8 Å². The normalized spacial score (nSPS) is 10.9. The van der Waals surface area contributed by atoms with E-state index in [1.165, 1.54) is 28.8 Å². The fourth-order valence-corrected chi connectivity index (χ4v) is 2.95. The summed E-state index contributed by atoms with van der Waals surface area (Å²) in [5, 5.41) is 1.20. The minimum atomic E-state index is -0.372. The summed E-state index contributed by atoms with van der Waals surface area (Å²) in [7, 11) is 0. The zero-order valence-electron chi connectivity index (χ0n) is 13.2. The molecule has 0 spiro atoms. The van der Waals surface area contributed by atoms with Crippen molar-refractivity contribution < 1.29 is 4.39 Å². The lowest BCUT2D eigenvalue weighted by Crippen LogP contribution is -2.22. The number of halogens is 1. The van der Waals surface area contributed by atoms with E-state index in [0.717, 1.165) is 10.9 Å². The van der Waals surface area contributed by atoms with E-state index in [2.05, 4.69) is 4.98 Å². The predicted octanol–water partition coefficient (Wildman–Crippen LogP) is 3.77. The number of nitrogen functional groups attached to an aromatic ring is 1. The van der Waals surface area contributed by atoms with Gasteiger partial charge in [0.05, 0.1) is 16.8 Å². The first-order chi connectivity index (χ1) is 12.1. The van der Waals surface area contributed by atoms with E-state index < -0.39 is 0 Å². The Hall–Kier alpha value is -3.47. The van der Waals surface area contributed by atoms with Crippen LogP contribution in [0.25, 0.3) is 27.7 Å². The Labute approximate surface area is 143 Å². The average molecular weight is 331 g/mol. The number of nitrogens with zero attached hydrogens (tertiary/aromatic N) is 2. The first-order valence-electron chi connectivity index (χ1n) is 7.77. The fraction of sp³-hybridized carbons (Fsp3) is 0. The van der Waals surface area contributed by atoms with Crippen molar-refractivity contribution in [3.63, 3.8) is 0 Å². The lowest BCUT2D eigenvalue weighted by Gasteiger charge is -2.13. The van der Waals surface area contributed by atoms with Crippen LogP contribution in [0.4, 0.5) is 10.2 Å². The Kier molecular flexibility index (Phi) is 3.54. The SMILES string of the molecule is Nc1cc2ccnc(-c3ccccc3)c2c(=O)n1-c1ccc(F)cc1. The molecule has 25 heavy (non-hydrogen) atoms. The number of rotatable bonds is 2. The van der Waals surface area contributed by atoms with Crippen LogP contribution in [-0.2, 0) is 0 Å². The van der Waals surface area contributed by atoms with Crippen molar-refractivity contribution >= 4 is 16.6 Å². The summed E-state index contributed by atoms with van der Waals surface area (Å²) in [6.07, 6.45) is 1.66. The van der Waals surface area contributed by atoms with Crippen LogP contribution in [0.2, 0.25) is 0 Å². The maximum atomic E-state index is 13.2. The van der Waals surface area contributed by atoms with Gasteiger partial charge in [-0.25, -0.2) is 4.39 Å². The summed E-state index contributed by atoms with van der Waals surface area (Å²) < 4.78 is 14.6. The van der Waals surface area contributed by atoms with Crippen molar-refractivity contribution in [2.45, 2.75) is 0 Å². The smallest absolute Gasteiger partial charge is 0.266 e. The van der Waals surface area contributed by atoms with E-state index in [9.17, 15) is 9.18 Å². The molecule has 2 heterocycles. The summed E-state index contributed by atoms with van der Waals surface area (Å²) in [5.41, 5.74) is 7.76. The van der Waals surface area contributed by atoms with Crippen LogP contribution in [0.5, 0.6) is 0 Å². The molecule has 0 unspecified atom stereocenters. The van der Waals surface area contributed by atoms with Gasteiger partial charge in [0, 0.05) is 11.8 Å². The van der Waals surface area contributed by atoms with Crippen molar-refractivity contribution in [2.75, 3.05) is 5.73 Å². The second-order valence-corrected chi connectivity index (χ2v) is 5.68. The van der Waals surface area contributed by atoms with Crippen LogP contribution in [0, 0.1) is 5.82 Å². The van der Waals surface area contributed by atoms with Gasteiger partial charge in [-0.1, -0.05) is 30.3 Å². The average Bonchev–Trinajstić information content (AvgIpc) is 2.63. The third kappa shape index (κ3) is 2.55. The second-order valence-electron chi connectivity index (χ2n) is 5.68. The van der Waals surface area contributed by atoms with Gasteiger partial charge in [-0.15, -0.1) is 0 Å². The summed E-state index contributed by atoms with van der Waals surface area (Å²) in [6, 6.07) is 18.6. The largest absolute Gasteiger partial charge is 0.385 e. The van der Waals surface area contributed by atoms with Gasteiger partial charge in [-0.05, 0) is 41.8 Å². The molecule has 5 heteroatoms. The Bertz CT molecular complexity index is 1120. The molecule has 0 saturated heterocycles. The monoisotopic (exact) mass is 331 g/mol. The van der Waals surface area contributed by atoms with Crippen LogP contribution in [-0.4, -0.2) is 9.55 Å². The zero-order valence-corrected chi connectivity index (χ0v) is 13.2. The molecular formula is C20H14FN3O. The molecule has 2 N–H and O–H groups in total. The molecule has 0 saturated carbocycles. The zero-order chi connectivity index (χ0) is 17.4. The number of pyridine rings is 2. The van der Waals surface area contributed by atoms with Crippen LogP contribution in [0.1, 0.15) is 0 Å². The molecule has 0 atom stereocenters. The van der Waals surface area contributed by atoms with Crippen LogP contribution >= 0.6 is 0 Å². The summed E-state index contributed by atoms with van der Waals surface area (Å²) in [6.45, 7) is 0. The van der Waals surface area contributed by atoms with Crippen LogP contribution < -0.4 is 11.3 Å². The summed E-state index contributed by atoms with van der Waals surface area (Å²) in [4.78, 5) is 17.6. The molecule has 4 aromatic rings. The predicted molar refractivity (Wildman–Crippen MR) is 97.1 cm³/mol. The highest BCUT2D eigenvalue weighted by Crippen LogP contribution is 2.26. The van der Waals surface area contributed by atoms with Crippen LogP contribution in [0.15, 0.2) is 77.7 Å². The molecule has 4 rings (SSSR count). The molecule has 122 valence electrons. The Balaban J connectivity index is 2.07. The first-order valence-corrected chi connectivity index (χ1v) is 7.77. The Morgan fingerprint density at radius 3 is 2.40 bits per heavy atom.